The predicted molar refractivity (Wildman–Crippen MR) is 90.4 cm³/mol. The summed E-state index contributed by atoms with van der Waals surface area (Å²) < 4.78 is 0. The number of hydrogen-bond acceptors (Lipinski definition) is 6. The van der Waals surface area contributed by atoms with Gasteiger partial charge in [0.15, 0.2) is 0 Å². The molecule has 2 rings (SSSR count). The Bertz CT molecular complexity index is 304. The van der Waals surface area contributed by atoms with E-state index >= 15 is 0 Å². The topological polar surface area (TPSA) is 71.7 Å². The van der Waals surface area contributed by atoms with Crippen LogP contribution in [0.5, 0.6) is 0 Å². The van der Waals surface area contributed by atoms with Gasteiger partial charge in [-0.2, -0.15) is 0 Å². The number of rotatable bonds is 4. The second-order valence-electron chi connectivity index (χ2n) is 6.02. The number of piperidine rings is 2. The third-order valence-electron chi connectivity index (χ3n) is 4.23. The van der Waals surface area contributed by atoms with Crippen LogP contribution in [0.2, 0.25) is 0 Å². The Morgan fingerprint density at radius 3 is 1.27 bits per heavy atom. The lowest BCUT2D eigenvalue weighted by molar-refractivity contribution is 0.263. The zero-order valence-electron chi connectivity index (χ0n) is 14.2. The summed E-state index contributed by atoms with van der Waals surface area (Å²) in [6, 6.07) is 0. The average molecular weight is 312 g/mol. The summed E-state index contributed by atoms with van der Waals surface area (Å²) in [6.45, 7) is 11.0. The van der Waals surface area contributed by atoms with Gasteiger partial charge in [0, 0.05) is 51.9 Å². The van der Waals surface area contributed by atoms with Gasteiger partial charge in [-0.1, -0.05) is 24.2 Å². The van der Waals surface area contributed by atoms with E-state index in [4.69, 9.17) is 10.4 Å². The SMILES string of the molecule is CCCN1CCC(=NO)CC1.CCCN1CCC(=NO)CC1. The molecule has 0 atom stereocenters. The van der Waals surface area contributed by atoms with Crippen molar-refractivity contribution in [2.24, 2.45) is 10.3 Å². The van der Waals surface area contributed by atoms with Crippen molar-refractivity contribution in [1.29, 1.82) is 0 Å². The van der Waals surface area contributed by atoms with Gasteiger partial charge in [-0.3, -0.25) is 0 Å². The molecule has 2 fully saturated rings. The highest BCUT2D eigenvalue weighted by atomic mass is 16.4. The van der Waals surface area contributed by atoms with E-state index in [2.05, 4.69) is 34.0 Å². The number of likely N-dealkylation sites (tertiary alicyclic amines) is 2. The van der Waals surface area contributed by atoms with Gasteiger partial charge in [0.05, 0.1) is 11.4 Å². The molecule has 0 radical (unpaired) electrons. The van der Waals surface area contributed by atoms with Crippen molar-refractivity contribution < 1.29 is 10.4 Å². The lowest BCUT2D eigenvalue weighted by Gasteiger charge is -2.26. The van der Waals surface area contributed by atoms with E-state index in [1.807, 2.05) is 0 Å². The zero-order chi connectivity index (χ0) is 16.2. The maximum Gasteiger partial charge on any atom is 0.0596 e. The highest BCUT2D eigenvalue weighted by molar-refractivity contribution is 5.85. The van der Waals surface area contributed by atoms with E-state index in [1.165, 1.54) is 25.9 Å². The molecule has 0 spiro atoms. The van der Waals surface area contributed by atoms with E-state index in [-0.39, 0.29) is 0 Å². The maximum atomic E-state index is 8.48. The highest BCUT2D eigenvalue weighted by Crippen LogP contribution is 2.07. The molecule has 0 aromatic heterocycles. The van der Waals surface area contributed by atoms with Crippen LogP contribution in [0.3, 0.4) is 0 Å². The lowest BCUT2D eigenvalue weighted by atomic mass is 10.1. The molecule has 0 aromatic rings. The number of hydrogen-bond donors (Lipinski definition) is 2. The van der Waals surface area contributed by atoms with Gasteiger partial charge >= 0.3 is 0 Å². The fraction of sp³-hybridized carbons (Fsp3) is 0.875. The maximum absolute atomic E-state index is 8.48. The number of nitrogens with zero attached hydrogens (tertiary/aromatic N) is 4. The molecule has 22 heavy (non-hydrogen) atoms. The van der Waals surface area contributed by atoms with Gasteiger partial charge in [-0.15, -0.1) is 0 Å². The van der Waals surface area contributed by atoms with Crippen LogP contribution in [0.15, 0.2) is 10.3 Å². The largest absolute Gasteiger partial charge is 0.411 e. The molecule has 0 unspecified atom stereocenters. The van der Waals surface area contributed by atoms with Crippen molar-refractivity contribution in [1.82, 2.24) is 9.80 Å². The Morgan fingerprint density at radius 1 is 0.727 bits per heavy atom. The molecule has 2 saturated heterocycles. The average Bonchev–Trinajstić information content (AvgIpc) is 2.57. The van der Waals surface area contributed by atoms with Crippen molar-refractivity contribution in [2.75, 3.05) is 39.3 Å². The Balaban J connectivity index is 0.000000220. The minimum atomic E-state index is 0.941. The summed E-state index contributed by atoms with van der Waals surface area (Å²) in [6.07, 6.45) is 6.19. The van der Waals surface area contributed by atoms with E-state index in [9.17, 15) is 0 Å². The van der Waals surface area contributed by atoms with Gasteiger partial charge in [0.2, 0.25) is 0 Å². The number of oxime groups is 2. The van der Waals surface area contributed by atoms with E-state index in [0.717, 1.165) is 63.3 Å². The quantitative estimate of drug-likeness (QED) is 0.618. The van der Waals surface area contributed by atoms with Crippen molar-refractivity contribution in [3.05, 3.63) is 0 Å². The molecule has 0 bridgehead atoms. The second-order valence-corrected chi connectivity index (χ2v) is 6.02. The van der Waals surface area contributed by atoms with Crippen LogP contribution >= 0.6 is 0 Å². The van der Waals surface area contributed by atoms with Gasteiger partial charge < -0.3 is 20.2 Å². The second kappa shape index (κ2) is 11.4. The highest BCUT2D eigenvalue weighted by Gasteiger charge is 2.14. The van der Waals surface area contributed by atoms with Gasteiger partial charge in [0.1, 0.15) is 0 Å². The van der Waals surface area contributed by atoms with E-state index in [1.54, 1.807) is 0 Å². The molecule has 0 saturated carbocycles. The minimum absolute atomic E-state index is 0.941. The van der Waals surface area contributed by atoms with Crippen LogP contribution in [0.1, 0.15) is 52.4 Å². The van der Waals surface area contributed by atoms with Crippen LogP contribution in [0.25, 0.3) is 0 Å². The molecule has 2 aliphatic heterocycles. The monoisotopic (exact) mass is 312 g/mol. The van der Waals surface area contributed by atoms with Crippen LogP contribution in [-0.2, 0) is 0 Å². The van der Waals surface area contributed by atoms with Gasteiger partial charge in [-0.05, 0) is 25.9 Å². The molecule has 6 nitrogen and oxygen atoms in total. The first-order valence-corrected chi connectivity index (χ1v) is 8.57. The Hall–Kier alpha value is -1.14. The smallest absolute Gasteiger partial charge is 0.0596 e. The Morgan fingerprint density at radius 2 is 1.05 bits per heavy atom. The fourth-order valence-electron chi connectivity index (χ4n) is 2.90. The Labute approximate surface area is 134 Å². The first-order valence-electron chi connectivity index (χ1n) is 8.57. The van der Waals surface area contributed by atoms with E-state index < -0.39 is 0 Å². The summed E-state index contributed by atoms with van der Waals surface area (Å²) in [5.41, 5.74) is 1.91. The first-order chi connectivity index (χ1) is 10.7. The molecule has 6 heteroatoms. The first kappa shape index (κ1) is 18.9. The molecule has 128 valence electrons. The van der Waals surface area contributed by atoms with Crippen molar-refractivity contribution in [2.45, 2.75) is 52.4 Å². The van der Waals surface area contributed by atoms with Crippen molar-refractivity contribution in [3.8, 4) is 0 Å². The third kappa shape index (κ3) is 7.22. The van der Waals surface area contributed by atoms with Crippen LogP contribution < -0.4 is 0 Å². The lowest BCUT2D eigenvalue weighted by Crippen LogP contribution is -2.34. The zero-order valence-corrected chi connectivity index (χ0v) is 14.2. The molecular weight excluding hydrogens is 280 g/mol. The Kier molecular flexibility index (Phi) is 9.82. The summed E-state index contributed by atoms with van der Waals surface area (Å²) in [7, 11) is 0. The normalized spacial score (nSPS) is 20.3. The van der Waals surface area contributed by atoms with Gasteiger partial charge in [0.25, 0.3) is 0 Å². The fourth-order valence-corrected chi connectivity index (χ4v) is 2.90. The molecule has 2 heterocycles. The van der Waals surface area contributed by atoms with Crippen LogP contribution in [0, 0.1) is 0 Å². The predicted octanol–water partition coefficient (Wildman–Crippen LogP) is 2.64. The molecule has 2 N–H and O–H groups in total. The molecule has 0 aromatic carbocycles. The van der Waals surface area contributed by atoms with Crippen LogP contribution in [0.4, 0.5) is 0 Å². The van der Waals surface area contributed by atoms with E-state index in [0.29, 0.717) is 0 Å². The summed E-state index contributed by atoms with van der Waals surface area (Å²) in [5.74, 6) is 0. The third-order valence-corrected chi connectivity index (χ3v) is 4.23. The molecule has 2 aliphatic rings. The standard InChI is InChI=1S/2C8H16N2O/c2*1-2-5-10-6-3-8(9-11)4-7-10/h2*11H,2-7H2,1H3. The van der Waals surface area contributed by atoms with Crippen molar-refractivity contribution in [3.63, 3.8) is 0 Å². The molecule has 0 aliphatic carbocycles. The minimum Gasteiger partial charge on any atom is -0.411 e. The summed E-state index contributed by atoms with van der Waals surface area (Å²) >= 11 is 0. The summed E-state index contributed by atoms with van der Waals surface area (Å²) in [4.78, 5) is 4.82. The molecule has 0 amide bonds. The van der Waals surface area contributed by atoms with Crippen LogP contribution in [-0.4, -0.2) is 70.9 Å². The summed E-state index contributed by atoms with van der Waals surface area (Å²) in [5, 5.41) is 23.4. The van der Waals surface area contributed by atoms with Crippen molar-refractivity contribution >= 4 is 11.4 Å². The van der Waals surface area contributed by atoms with Gasteiger partial charge in [-0.25, -0.2) is 0 Å². The molecular formula is C16H32N4O2.